The SMILES string of the molecule is Cc1ccc([N+](=O)[O-])c2cc(C)n(Cc3ccc(O)c(C=Cc4ccccc4)c3)c12. The Hall–Kier alpha value is -3.86. The average molecular weight is 398 g/mol. The fourth-order valence-electron chi connectivity index (χ4n) is 3.80. The molecule has 0 aliphatic rings. The molecule has 0 aliphatic heterocycles. The van der Waals surface area contributed by atoms with E-state index in [1.54, 1.807) is 18.2 Å². The zero-order valence-corrected chi connectivity index (χ0v) is 16.9. The van der Waals surface area contributed by atoms with E-state index in [-0.39, 0.29) is 16.4 Å². The molecule has 4 aromatic rings. The van der Waals surface area contributed by atoms with Crippen molar-refractivity contribution in [1.29, 1.82) is 0 Å². The Morgan fingerprint density at radius 1 is 1.00 bits per heavy atom. The maximum atomic E-state index is 11.4. The summed E-state index contributed by atoms with van der Waals surface area (Å²) in [4.78, 5) is 11.1. The van der Waals surface area contributed by atoms with Gasteiger partial charge in [-0.25, -0.2) is 0 Å². The minimum atomic E-state index is -0.335. The highest BCUT2D eigenvalue weighted by atomic mass is 16.6. The molecule has 4 rings (SSSR count). The molecular formula is C25H22N2O3. The van der Waals surface area contributed by atoms with Gasteiger partial charge in [0, 0.05) is 23.9 Å². The molecule has 0 fully saturated rings. The Bertz CT molecular complexity index is 1270. The smallest absolute Gasteiger partial charge is 0.278 e. The second-order valence-electron chi connectivity index (χ2n) is 7.43. The molecule has 30 heavy (non-hydrogen) atoms. The summed E-state index contributed by atoms with van der Waals surface area (Å²) in [5.74, 6) is 0.215. The minimum absolute atomic E-state index is 0.120. The van der Waals surface area contributed by atoms with Crippen molar-refractivity contribution in [3.8, 4) is 5.75 Å². The second-order valence-corrected chi connectivity index (χ2v) is 7.43. The van der Waals surface area contributed by atoms with Crippen LogP contribution in [0.5, 0.6) is 5.75 Å². The van der Waals surface area contributed by atoms with Gasteiger partial charge in [-0.1, -0.05) is 54.6 Å². The lowest BCUT2D eigenvalue weighted by Gasteiger charge is -2.12. The van der Waals surface area contributed by atoms with Gasteiger partial charge in [0.1, 0.15) is 5.75 Å². The number of nitro benzene ring substituents is 1. The van der Waals surface area contributed by atoms with Crippen LogP contribution in [0.4, 0.5) is 5.69 Å². The summed E-state index contributed by atoms with van der Waals surface area (Å²) in [6.45, 7) is 4.48. The van der Waals surface area contributed by atoms with Crippen molar-refractivity contribution in [2.24, 2.45) is 0 Å². The van der Waals surface area contributed by atoms with E-state index in [1.165, 1.54) is 0 Å². The molecule has 0 saturated carbocycles. The highest BCUT2D eigenvalue weighted by Crippen LogP contribution is 2.32. The van der Waals surface area contributed by atoms with E-state index in [2.05, 4.69) is 4.57 Å². The number of aromatic hydroxyl groups is 1. The van der Waals surface area contributed by atoms with Gasteiger partial charge >= 0.3 is 0 Å². The molecule has 0 bridgehead atoms. The molecule has 0 amide bonds. The van der Waals surface area contributed by atoms with Gasteiger partial charge in [0.2, 0.25) is 0 Å². The number of rotatable bonds is 5. The molecule has 0 aliphatic carbocycles. The second kappa shape index (κ2) is 7.87. The van der Waals surface area contributed by atoms with Crippen molar-refractivity contribution in [1.82, 2.24) is 4.57 Å². The van der Waals surface area contributed by atoms with Crippen molar-refractivity contribution in [2.75, 3.05) is 0 Å². The maximum absolute atomic E-state index is 11.4. The number of nitrogens with zero attached hydrogens (tertiary/aromatic N) is 2. The van der Waals surface area contributed by atoms with E-state index in [4.69, 9.17) is 0 Å². The number of hydrogen-bond donors (Lipinski definition) is 1. The number of phenolic OH excluding ortho intramolecular Hbond substituents is 1. The Morgan fingerprint density at radius 2 is 1.77 bits per heavy atom. The Labute approximate surface area is 174 Å². The van der Waals surface area contributed by atoms with Crippen molar-refractivity contribution < 1.29 is 10.0 Å². The number of hydrogen-bond acceptors (Lipinski definition) is 3. The number of aryl methyl sites for hydroxylation is 2. The quantitative estimate of drug-likeness (QED) is 0.251. The van der Waals surface area contributed by atoms with Crippen LogP contribution in [0.15, 0.2) is 66.7 Å². The van der Waals surface area contributed by atoms with Crippen LogP contribution in [0.3, 0.4) is 0 Å². The first-order chi connectivity index (χ1) is 14.4. The molecule has 1 heterocycles. The van der Waals surface area contributed by atoms with Crippen LogP contribution in [-0.2, 0) is 6.54 Å². The van der Waals surface area contributed by atoms with E-state index in [1.807, 2.05) is 74.5 Å². The van der Waals surface area contributed by atoms with E-state index in [9.17, 15) is 15.2 Å². The summed E-state index contributed by atoms with van der Waals surface area (Å²) < 4.78 is 2.09. The topological polar surface area (TPSA) is 68.3 Å². The van der Waals surface area contributed by atoms with Crippen molar-refractivity contribution in [2.45, 2.75) is 20.4 Å². The van der Waals surface area contributed by atoms with E-state index >= 15 is 0 Å². The van der Waals surface area contributed by atoms with Crippen molar-refractivity contribution in [3.05, 3.63) is 105 Å². The normalized spacial score (nSPS) is 11.4. The molecule has 0 spiro atoms. The van der Waals surface area contributed by atoms with Gasteiger partial charge in [0.05, 0.1) is 15.8 Å². The van der Waals surface area contributed by atoms with Gasteiger partial charge in [-0.3, -0.25) is 10.1 Å². The predicted molar refractivity (Wildman–Crippen MR) is 121 cm³/mol. The van der Waals surface area contributed by atoms with Gasteiger partial charge in [-0.05, 0) is 48.7 Å². The van der Waals surface area contributed by atoms with Crippen LogP contribution in [0.25, 0.3) is 23.1 Å². The maximum Gasteiger partial charge on any atom is 0.278 e. The Balaban J connectivity index is 1.73. The van der Waals surface area contributed by atoms with Crippen LogP contribution in [0, 0.1) is 24.0 Å². The first-order valence-electron chi connectivity index (χ1n) is 9.73. The third-order valence-electron chi connectivity index (χ3n) is 5.33. The monoisotopic (exact) mass is 398 g/mol. The molecule has 0 radical (unpaired) electrons. The molecule has 1 aromatic heterocycles. The van der Waals surface area contributed by atoms with Gasteiger partial charge < -0.3 is 9.67 Å². The molecule has 3 aromatic carbocycles. The van der Waals surface area contributed by atoms with Crippen LogP contribution >= 0.6 is 0 Å². The lowest BCUT2D eigenvalue weighted by Crippen LogP contribution is -2.03. The zero-order chi connectivity index (χ0) is 21.3. The molecule has 0 atom stereocenters. The highest BCUT2D eigenvalue weighted by molar-refractivity contribution is 5.92. The molecular weight excluding hydrogens is 376 g/mol. The van der Waals surface area contributed by atoms with Crippen LogP contribution in [-0.4, -0.2) is 14.6 Å². The fraction of sp³-hybridized carbons (Fsp3) is 0.120. The highest BCUT2D eigenvalue weighted by Gasteiger charge is 2.18. The summed E-state index contributed by atoms with van der Waals surface area (Å²) >= 11 is 0. The Kier molecular flexibility index (Phi) is 5.11. The van der Waals surface area contributed by atoms with Crippen molar-refractivity contribution in [3.63, 3.8) is 0 Å². The molecule has 5 nitrogen and oxygen atoms in total. The van der Waals surface area contributed by atoms with E-state index in [0.717, 1.165) is 33.5 Å². The number of nitro groups is 1. The fourth-order valence-corrected chi connectivity index (χ4v) is 3.80. The van der Waals surface area contributed by atoms with Crippen LogP contribution in [0.2, 0.25) is 0 Å². The Morgan fingerprint density at radius 3 is 2.50 bits per heavy atom. The third kappa shape index (κ3) is 3.70. The average Bonchev–Trinajstić information content (AvgIpc) is 3.05. The number of fused-ring (bicyclic) bond motifs is 1. The van der Waals surface area contributed by atoms with Crippen LogP contribution < -0.4 is 0 Å². The van der Waals surface area contributed by atoms with Crippen molar-refractivity contribution >= 4 is 28.7 Å². The lowest BCUT2D eigenvalue weighted by atomic mass is 10.1. The molecule has 1 N–H and O–H groups in total. The summed E-state index contributed by atoms with van der Waals surface area (Å²) in [5.41, 5.74) is 5.73. The number of non-ortho nitro benzene ring substituents is 1. The number of benzene rings is 3. The van der Waals surface area contributed by atoms with E-state index < -0.39 is 0 Å². The largest absolute Gasteiger partial charge is 0.507 e. The standard InChI is InChI=1S/C25H22N2O3/c1-17-8-12-23(27(29)30)22-14-18(2)26(25(17)22)16-20-10-13-24(28)21(15-20)11-9-19-6-4-3-5-7-19/h3-15,28H,16H2,1-2H3. The first kappa shape index (κ1) is 19.5. The summed E-state index contributed by atoms with van der Waals surface area (Å²) in [5, 5.41) is 22.4. The molecule has 5 heteroatoms. The number of phenols is 1. The van der Waals surface area contributed by atoms with Gasteiger partial charge in [-0.15, -0.1) is 0 Å². The number of aromatic nitrogens is 1. The van der Waals surface area contributed by atoms with Gasteiger partial charge in [0.15, 0.2) is 0 Å². The van der Waals surface area contributed by atoms with E-state index in [0.29, 0.717) is 11.9 Å². The molecule has 0 saturated heterocycles. The third-order valence-corrected chi connectivity index (χ3v) is 5.33. The summed E-state index contributed by atoms with van der Waals surface area (Å²) in [6.07, 6.45) is 3.85. The van der Waals surface area contributed by atoms with Gasteiger partial charge in [-0.2, -0.15) is 0 Å². The van der Waals surface area contributed by atoms with Gasteiger partial charge in [0.25, 0.3) is 5.69 Å². The summed E-state index contributed by atoms with van der Waals surface area (Å²) in [7, 11) is 0. The summed E-state index contributed by atoms with van der Waals surface area (Å²) in [6, 6.07) is 20.7. The minimum Gasteiger partial charge on any atom is -0.507 e. The molecule has 150 valence electrons. The van der Waals surface area contributed by atoms with Crippen LogP contribution in [0.1, 0.15) is 27.9 Å². The molecule has 0 unspecified atom stereocenters. The first-order valence-corrected chi connectivity index (χ1v) is 9.73. The zero-order valence-electron chi connectivity index (χ0n) is 16.9. The lowest BCUT2D eigenvalue weighted by molar-refractivity contribution is -0.383. The predicted octanol–water partition coefficient (Wildman–Crippen LogP) is 6.09.